The lowest BCUT2D eigenvalue weighted by Crippen LogP contribution is -2.49. The molecule has 0 spiro atoms. The van der Waals surface area contributed by atoms with Crippen molar-refractivity contribution >= 4 is 50.7 Å². The summed E-state index contributed by atoms with van der Waals surface area (Å²) in [5.41, 5.74) is 0.916. The van der Waals surface area contributed by atoms with Crippen LogP contribution in [0, 0.1) is 0 Å². The molecule has 0 atom stereocenters. The molecule has 1 saturated heterocycles. The van der Waals surface area contributed by atoms with Gasteiger partial charge in [0, 0.05) is 56.8 Å². The third-order valence-electron chi connectivity index (χ3n) is 5.16. The molecule has 1 aromatic heterocycles. The second kappa shape index (κ2) is 11.9. The van der Waals surface area contributed by atoms with Crippen LogP contribution in [0.1, 0.15) is 25.5 Å². The van der Waals surface area contributed by atoms with Gasteiger partial charge in [0.15, 0.2) is 5.96 Å². The number of furan rings is 1. The topological polar surface area (TPSA) is 86.9 Å². The maximum atomic E-state index is 11.3. The van der Waals surface area contributed by atoms with E-state index in [2.05, 4.69) is 34.6 Å². The fourth-order valence-corrected chi connectivity index (χ4v) is 4.14. The van der Waals surface area contributed by atoms with Gasteiger partial charge in [-0.1, -0.05) is 18.2 Å². The number of guanidine groups is 1. The van der Waals surface area contributed by atoms with E-state index < -0.39 is 9.84 Å². The third-order valence-corrected chi connectivity index (χ3v) is 6.08. The number of nitrogens with one attached hydrogen (secondary N) is 2. The van der Waals surface area contributed by atoms with Crippen LogP contribution in [0.2, 0.25) is 0 Å². The molecule has 1 aliphatic heterocycles. The molecule has 9 heteroatoms. The largest absolute Gasteiger partial charge is 0.461 e. The quantitative estimate of drug-likeness (QED) is 0.300. The van der Waals surface area contributed by atoms with Gasteiger partial charge in [-0.25, -0.2) is 8.42 Å². The Morgan fingerprint density at radius 1 is 1.27 bits per heavy atom. The summed E-state index contributed by atoms with van der Waals surface area (Å²) < 4.78 is 28.5. The number of piperidine rings is 1. The molecule has 30 heavy (non-hydrogen) atoms. The molecule has 0 unspecified atom stereocenters. The lowest BCUT2D eigenvalue weighted by atomic mass is 10.1. The van der Waals surface area contributed by atoms with Gasteiger partial charge in [0.1, 0.15) is 21.2 Å². The predicted octanol–water partition coefficient (Wildman–Crippen LogP) is 2.66. The van der Waals surface area contributed by atoms with Gasteiger partial charge in [0.2, 0.25) is 0 Å². The molecular formula is C21H33IN4O3S. The van der Waals surface area contributed by atoms with Crippen molar-refractivity contribution in [3.8, 4) is 0 Å². The fourth-order valence-electron chi connectivity index (χ4n) is 3.55. The molecule has 0 amide bonds. The first-order chi connectivity index (χ1) is 13.9. The van der Waals surface area contributed by atoms with Crippen LogP contribution < -0.4 is 10.6 Å². The van der Waals surface area contributed by atoms with Gasteiger partial charge >= 0.3 is 0 Å². The number of benzene rings is 1. The van der Waals surface area contributed by atoms with E-state index in [0.29, 0.717) is 19.1 Å². The van der Waals surface area contributed by atoms with Crippen molar-refractivity contribution in [2.75, 3.05) is 44.7 Å². The first-order valence-electron chi connectivity index (χ1n) is 10.4. The van der Waals surface area contributed by atoms with Crippen LogP contribution >= 0.6 is 24.0 Å². The minimum Gasteiger partial charge on any atom is -0.461 e. The number of hydrogen-bond acceptors (Lipinski definition) is 5. The molecular weight excluding hydrogens is 515 g/mol. The van der Waals surface area contributed by atoms with Crippen molar-refractivity contribution in [2.45, 2.75) is 32.2 Å². The minimum atomic E-state index is -2.90. The van der Waals surface area contributed by atoms with E-state index in [0.717, 1.165) is 61.6 Å². The second-order valence-corrected chi connectivity index (χ2v) is 9.91. The van der Waals surface area contributed by atoms with Crippen molar-refractivity contribution in [1.29, 1.82) is 0 Å². The zero-order valence-corrected chi connectivity index (χ0v) is 20.9. The Hall–Kier alpha value is -1.33. The lowest BCUT2D eigenvalue weighted by Gasteiger charge is -2.32. The highest BCUT2D eigenvalue weighted by Gasteiger charge is 2.20. The Morgan fingerprint density at radius 3 is 2.67 bits per heavy atom. The zero-order valence-electron chi connectivity index (χ0n) is 17.8. The van der Waals surface area contributed by atoms with E-state index in [1.807, 2.05) is 18.2 Å². The van der Waals surface area contributed by atoms with Crippen LogP contribution in [0.15, 0.2) is 39.7 Å². The smallest absolute Gasteiger partial charge is 0.191 e. The molecule has 1 aromatic carbocycles. The van der Waals surface area contributed by atoms with Crippen molar-refractivity contribution in [3.63, 3.8) is 0 Å². The van der Waals surface area contributed by atoms with Gasteiger partial charge in [-0.15, -0.1) is 24.0 Å². The monoisotopic (exact) mass is 548 g/mol. The fraction of sp³-hybridized carbons (Fsp3) is 0.571. The lowest BCUT2D eigenvalue weighted by molar-refractivity contribution is 0.216. The van der Waals surface area contributed by atoms with Crippen molar-refractivity contribution in [3.05, 3.63) is 36.1 Å². The Bertz CT molecular complexity index is 888. The van der Waals surface area contributed by atoms with Crippen molar-refractivity contribution < 1.29 is 12.8 Å². The van der Waals surface area contributed by atoms with Gasteiger partial charge in [-0.3, -0.25) is 4.99 Å². The Kier molecular flexibility index (Phi) is 9.89. The first-order valence-corrected chi connectivity index (χ1v) is 12.4. The van der Waals surface area contributed by atoms with Crippen LogP contribution in [-0.2, 0) is 16.3 Å². The number of aliphatic imine (C=N–C) groups is 1. The summed E-state index contributed by atoms with van der Waals surface area (Å²) in [5.74, 6) is 2.01. The number of sulfone groups is 1. The van der Waals surface area contributed by atoms with Gasteiger partial charge in [-0.2, -0.15) is 0 Å². The van der Waals surface area contributed by atoms with Crippen LogP contribution in [0.5, 0.6) is 0 Å². The molecule has 7 nitrogen and oxygen atoms in total. The average molecular weight is 548 g/mol. The first kappa shape index (κ1) is 24.9. The van der Waals surface area contributed by atoms with Gasteiger partial charge < -0.3 is 20.0 Å². The maximum absolute atomic E-state index is 11.3. The molecule has 3 rings (SSSR count). The molecule has 1 aliphatic rings. The molecule has 1 fully saturated rings. The molecule has 0 radical (unpaired) electrons. The van der Waals surface area contributed by atoms with Gasteiger partial charge in [0.25, 0.3) is 0 Å². The van der Waals surface area contributed by atoms with E-state index in [1.54, 1.807) is 0 Å². The number of para-hydroxylation sites is 1. The second-order valence-electron chi connectivity index (χ2n) is 7.65. The molecule has 2 N–H and O–H groups in total. The summed E-state index contributed by atoms with van der Waals surface area (Å²) >= 11 is 0. The Labute approximate surface area is 196 Å². The number of halogens is 1. The normalized spacial score (nSPS) is 16.4. The molecule has 0 aliphatic carbocycles. The van der Waals surface area contributed by atoms with Crippen LogP contribution in [-0.4, -0.2) is 70.1 Å². The molecule has 168 valence electrons. The van der Waals surface area contributed by atoms with E-state index >= 15 is 0 Å². The van der Waals surface area contributed by atoms with Crippen LogP contribution in [0.3, 0.4) is 0 Å². The summed E-state index contributed by atoms with van der Waals surface area (Å²) in [6, 6.07) is 10.5. The highest BCUT2D eigenvalue weighted by Crippen LogP contribution is 2.19. The van der Waals surface area contributed by atoms with E-state index in [4.69, 9.17) is 9.41 Å². The summed E-state index contributed by atoms with van der Waals surface area (Å²) in [6.45, 7) is 5.96. The standard InChI is InChI=1S/C21H32N4O3S.HI/c1-3-22-21(23-11-8-19-16-17-6-4-5-7-20(17)28-19)24-18-9-12-25(13-10-18)14-15-29(2,26)27;/h4-7,16,18H,3,8-15H2,1-2H3,(H2,22,23,24);1H. The summed E-state index contributed by atoms with van der Waals surface area (Å²) in [7, 11) is -2.90. The summed E-state index contributed by atoms with van der Waals surface area (Å²) in [4.78, 5) is 6.93. The minimum absolute atomic E-state index is 0. The predicted molar refractivity (Wildman–Crippen MR) is 134 cm³/mol. The summed E-state index contributed by atoms with van der Waals surface area (Å²) in [6.07, 6.45) is 4.02. The SMILES string of the molecule is CCNC(=NCCc1cc2ccccc2o1)NC1CCN(CCS(C)(=O)=O)CC1.I. The maximum Gasteiger partial charge on any atom is 0.191 e. The number of nitrogens with zero attached hydrogens (tertiary/aromatic N) is 2. The number of hydrogen-bond donors (Lipinski definition) is 2. The van der Waals surface area contributed by atoms with Crippen molar-refractivity contribution in [1.82, 2.24) is 15.5 Å². The van der Waals surface area contributed by atoms with E-state index in [-0.39, 0.29) is 29.7 Å². The highest BCUT2D eigenvalue weighted by molar-refractivity contribution is 14.0. The van der Waals surface area contributed by atoms with Gasteiger partial charge in [0.05, 0.1) is 5.75 Å². The van der Waals surface area contributed by atoms with Crippen LogP contribution in [0.4, 0.5) is 0 Å². The average Bonchev–Trinajstić information content (AvgIpc) is 3.10. The van der Waals surface area contributed by atoms with E-state index in [1.165, 1.54) is 6.26 Å². The molecule has 2 heterocycles. The van der Waals surface area contributed by atoms with Gasteiger partial charge in [-0.05, 0) is 31.9 Å². The highest BCUT2D eigenvalue weighted by atomic mass is 127. The number of likely N-dealkylation sites (tertiary alicyclic amines) is 1. The molecule has 0 bridgehead atoms. The molecule has 0 saturated carbocycles. The van der Waals surface area contributed by atoms with Crippen LogP contribution in [0.25, 0.3) is 11.0 Å². The molecule has 2 aromatic rings. The Morgan fingerprint density at radius 2 is 2.00 bits per heavy atom. The number of rotatable bonds is 8. The van der Waals surface area contributed by atoms with Crippen molar-refractivity contribution in [2.24, 2.45) is 4.99 Å². The number of fused-ring (bicyclic) bond motifs is 1. The summed E-state index contributed by atoms with van der Waals surface area (Å²) in [5, 5.41) is 7.96. The van der Waals surface area contributed by atoms with E-state index in [9.17, 15) is 8.42 Å². The Balaban J connectivity index is 0.00000320. The zero-order chi connectivity index (χ0) is 20.7. The third kappa shape index (κ3) is 8.07.